The summed E-state index contributed by atoms with van der Waals surface area (Å²) in [5, 5.41) is 12.9. The largest absolute Gasteiger partial charge is 0.478 e. The van der Waals surface area contributed by atoms with Crippen molar-refractivity contribution in [1.29, 1.82) is 0 Å². The van der Waals surface area contributed by atoms with E-state index in [1.54, 1.807) is 10.8 Å². The molecule has 86 valence electrons. The molecule has 4 heteroatoms. The highest BCUT2D eigenvalue weighted by Gasteiger charge is 2.02. The van der Waals surface area contributed by atoms with E-state index in [1.165, 1.54) is 0 Å². The van der Waals surface area contributed by atoms with Crippen molar-refractivity contribution in [2.45, 2.75) is 6.92 Å². The number of aliphatic carboxylic acids is 1. The smallest absolute Gasteiger partial charge is 0.328 e. The molecule has 0 aliphatic heterocycles. The zero-order valence-electron chi connectivity index (χ0n) is 9.37. The molecule has 2 aromatic rings. The van der Waals surface area contributed by atoms with Crippen LogP contribution in [0.25, 0.3) is 11.8 Å². The third-order valence-electron chi connectivity index (χ3n) is 2.31. The molecule has 1 aromatic carbocycles. The molecule has 0 saturated heterocycles. The summed E-state index contributed by atoms with van der Waals surface area (Å²) in [5.41, 5.74) is 2.60. The lowest BCUT2D eigenvalue weighted by Crippen LogP contribution is -1.98. The molecule has 1 heterocycles. The van der Waals surface area contributed by atoms with Crippen molar-refractivity contribution in [2.24, 2.45) is 0 Å². The minimum atomic E-state index is -0.962. The highest BCUT2D eigenvalue weighted by molar-refractivity contribution is 5.86. The Kier molecular flexibility index (Phi) is 3.05. The molecule has 4 nitrogen and oxygen atoms in total. The van der Waals surface area contributed by atoms with Gasteiger partial charge in [-0.2, -0.15) is 5.10 Å². The molecule has 0 unspecified atom stereocenters. The number of hydrogen-bond acceptors (Lipinski definition) is 2. The van der Waals surface area contributed by atoms with Crippen molar-refractivity contribution in [3.63, 3.8) is 0 Å². The quantitative estimate of drug-likeness (QED) is 0.820. The second-order valence-corrected chi connectivity index (χ2v) is 3.63. The van der Waals surface area contributed by atoms with Crippen LogP contribution in [0.2, 0.25) is 0 Å². The van der Waals surface area contributed by atoms with Crippen LogP contribution in [0.4, 0.5) is 0 Å². The second kappa shape index (κ2) is 4.65. The Morgan fingerprint density at radius 2 is 2.12 bits per heavy atom. The standard InChI is InChI=1S/C13H12N2O2/c1-10-8-9-15(14-10)12-5-3-2-4-11(12)6-7-13(16)17/h2-9H,1H3,(H,16,17). The first-order valence-electron chi connectivity index (χ1n) is 5.19. The maximum atomic E-state index is 10.5. The molecule has 17 heavy (non-hydrogen) atoms. The Balaban J connectivity index is 2.44. The third-order valence-corrected chi connectivity index (χ3v) is 2.31. The van der Waals surface area contributed by atoms with E-state index in [1.807, 2.05) is 43.5 Å². The average Bonchev–Trinajstić information content (AvgIpc) is 2.73. The van der Waals surface area contributed by atoms with Gasteiger partial charge in [0.1, 0.15) is 0 Å². The summed E-state index contributed by atoms with van der Waals surface area (Å²) in [7, 11) is 0. The monoisotopic (exact) mass is 228 g/mol. The fourth-order valence-corrected chi connectivity index (χ4v) is 1.55. The summed E-state index contributed by atoms with van der Waals surface area (Å²) in [6, 6.07) is 9.41. The zero-order chi connectivity index (χ0) is 12.3. The van der Waals surface area contributed by atoms with E-state index in [9.17, 15) is 4.79 Å². The lowest BCUT2D eigenvalue weighted by Gasteiger charge is -2.05. The Labute approximate surface area is 98.8 Å². The predicted molar refractivity (Wildman–Crippen MR) is 65.0 cm³/mol. The molecule has 0 aliphatic carbocycles. The summed E-state index contributed by atoms with van der Waals surface area (Å²) in [5.74, 6) is -0.962. The van der Waals surface area contributed by atoms with E-state index in [-0.39, 0.29) is 0 Å². The van der Waals surface area contributed by atoms with Crippen LogP contribution >= 0.6 is 0 Å². The molecular weight excluding hydrogens is 216 g/mol. The van der Waals surface area contributed by atoms with Gasteiger partial charge in [-0.05, 0) is 25.1 Å². The minimum absolute atomic E-state index is 0.818. The molecule has 0 amide bonds. The molecule has 0 saturated carbocycles. The fourth-order valence-electron chi connectivity index (χ4n) is 1.55. The molecule has 0 bridgehead atoms. The molecule has 0 spiro atoms. The SMILES string of the molecule is Cc1ccn(-c2ccccc2C=CC(=O)O)n1. The summed E-state index contributed by atoms with van der Waals surface area (Å²) in [6.45, 7) is 1.91. The van der Waals surface area contributed by atoms with Gasteiger partial charge >= 0.3 is 5.97 Å². The molecule has 2 rings (SSSR count). The molecule has 0 radical (unpaired) electrons. The van der Waals surface area contributed by atoms with Crippen molar-refractivity contribution in [3.05, 3.63) is 53.9 Å². The Bertz CT molecular complexity index is 570. The van der Waals surface area contributed by atoms with Crippen LogP contribution in [-0.2, 0) is 4.79 Å². The number of rotatable bonds is 3. The first-order chi connectivity index (χ1) is 8.16. The van der Waals surface area contributed by atoms with E-state index in [0.29, 0.717) is 0 Å². The Hall–Kier alpha value is -2.36. The number of aromatic nitrogens is 2. The number of carbonyl (C=O) groups is 1. The molecular formula is C13H12N2O2. The number of para-hydroxylation sites is 1. The molecule has 0 aliphatic rings. The highest BCUT2D eigenvalue weighted by Crippen LogP contribution is 2.15. The zero-order valence-corrected chi connectivity index (χ0v) is 9.37. The van der Waals surface area contributed by atoms with Gasteiger partial charge in [0, 0.05) is 17.8 Å². The van der Waals surface area contributed by atoms with Gasteiger partial charge in [0.25, 0.3) is 0 Å². The van der Waals surface area contributed by atoms with Crippen LogP contribution in [-0.4, -0.2) is 20.9 Å². The van der Waals surface area contributed by atoms with E-state index >= 15 is 0 Å². The number of carboxylic acid groups (broad SMARTS) is 1. The van der Waals surface area contributed by atoms with Gasteiger partial charge in [-0.3, -0.25) is 0 Å². The van der Waals surface area contributed by atoms with E-state index in [4.69, 9.17) is 5.11 Å². The molecule has 0 fully saturated rings. The van der Waals surface area contributed by atoms with Crippen molar-refractivity contribution < 1.29 is 9.90 Å². The number of carboxylic acids is 1. The lowest BCUT2D eigenvalue weighted by molar-refractivity contribution is -0.131. The summed E-state index contributed by atoms with van der Waals surface area (Å²) < 4.78 is 1.73. The van der Waals surface area contributed by atoms with Crippen LogP contribution in [0.15, 0.2) is 42.6 Å². The molecule has 1 aromatic heterocycles. The first kappa shape index (κ1) is 11.1. The number of nitrogens with zero attached hydrogens (tertiary/aromatic N) is 2. The van der Waals surface area contributed by atoms with Crippen molar-refractivity contribution in [3.8, 4) is 5.69 Å². The number of benzene rings is 1. The van der Waals surface area contributed by atoms with Crippen LogP contribution < -0.4 is 0 Å². The van der Waals surface area contributed by atoms with Crippen molar-refractivity contribution >= 4 is 12.0 Å². The minimum Gasteiger partial charge on any atom is -0.478 e. The maximum absolute atomic E-state index is 10.5. The topological polar surface area (TPSA) is 55.1 Å². The number of aryl methyl sites for hydroxylation is 1. The Morgan fingerprint density at radius 1 is 1.35 bits per heavy atom. The summed E-state index contributed by atoms with van der Waals surface area (Å²) in [6.07, 6.45) is 4.53. The van der Waals surface area contributed by atoms with E-state index < -0.39 is 5.97 Å². The summed E-state index contributed by atoms with van der Waals surface area (Å²) in [4.78, 5) is 10.5. The Morgan fingerprint density at radius 3 is 2.76 bits per heavy atom. The van der Waals surface area contributed by atoms with Crippen molar-refractivity contribution in [2.75, 3.05) is 0 Å². The second-order valence-electron chi connectivity index (χ2n) is 3.63. The van der Waals surface area contributed by atoms with Crippen LogP contribution in [0.5, 0.6) is 0 Å². The molecule has 0 atom stereocenters. The van der Waals surface area contributed by atoms with Gasteiger partial charge in [0.2, 0.25) is 0 Å². The van der Waals surface area contributed by atoms with Gasteiger partial charge in [0.05, 0.1) is 11.4 Å². The first-order valence-corrected chi connectivity index (χ1v) is 5.19. The van der Waals surface area contributed by atoms with Gasteiger partial charge in [-0.1, -0.05) is 18.2 Å². The van der Waals surface area contributed by atoms with Crippen molar-refractivity contribution in [1.82, 2.24) is 9.78 Å². The van der Waals surface area contributed by atoms with E-state index in [0.717, 1.165) is 23.0 Å². The fraction of sp³-hybridized carbons (Fsp3) is 0.0769. The predicted octanol–water partition coefficient (Wildman–Crippen LogP) is 2.28. The van der Waals surface area contributed by atoms with Crippen LogP contribution in [0, 0.1) is 6.92 Å². The van der Waals surface area contributed by atoms with Gasteiger partial charge in [-0.15, -0.1) is 0 Å². The van der Waals surface area contributed by atoms with Gasteiger partial charge in [-0.25, -0.2) is 9.48 Å². The lowest BCUT2D eigenvalue weighted by atomic mass is 10.1. The summed E-state index contributed by atoms with van der Waals surface area (Å²) >= 11 is 0. The normalized spacial score (nSPS) is 10.9. The van der Waals surface area contributed by atoms with Gasteiger partial charge in [0.15, 0.2) is 0 Å². The maximum Gasteiger partial charge on any atom is 0.328 e. The molecule has 1 N–H and O–H groups in total. The van der Waals surface area contributed by atoms with Crippen LogP contribution in [0.3, 0.4) is 0 Å². The van der Waals surface area contributed by atoms with E-state index in [2.05, 4.69) is 5.10 Å². The number of hydrogen-bond donors (Lipinski definition) is 1. The average molecular weight is 228 g/mol. The highest BCUT2D eigenvalue weighted by atomic mass is 16.4. The third kappa shape index (κ3) is 2.60. The van der Waals surface area contributed by atoms with Gasteiger partial charge < -0.3 is 5.11 Å². The van der Waals surface area contributed by atoms with Crippen LogP contribution in [0.1, 0.15) is 11.3 Å².